The fraction of sp³-hybridized carbons (Fsp3) is 0.632. The lowest BCUT2D eigenvalue weighted by Gasteiger charge is -2.39. The van der Waals surface area contributed by atoms with Crippen LogP contribution in [0.2, 0.25) is 0 Å². The SMILES string of the molecule is O=C(Cc1ccc2c(c1)CCO2)N1CCN([C@H]2CCC[C@H]2O)CC1. The molecule has 0 spiro atoms. The first-order valence-corrected chi connectivity index (χ1v) is 9.15. The van der Waals surface area contributed by atoms with Crippen LogP contribution in [0.15, 0.2) is 18.2 Å². The van der Waals surface area contributed by atoms with Crippen LogP contribution >= 0.6 is 0 Å². The van der Waals surface area contributed by atoms with Gasteiger partial charge in [-0.25, -0.2) is 0 Å². The second kappa shape index (κ2) is 6.73. The molecule has 1 aromatic carbocycles. The largest absolute Gasteiger partial charge is 0.493 e. The second-order valence-corrected chi connectivity index (χ2v) is 7.20. The van der Waals surface area contributed by atoms with Crippen molar-refractivity contribution in [2.24, 2.45) is 0 Å². The van der Waals surface area contributed by atoms with Crippen molar-refractivity contribution in [3.8, 4) is 5.75 Å². The molecule has 0 radical (unpaired) electrons. The Balaban J connectivity index is 1.31. The first-order chi connectivity index (χ1) is 11.7. The highest BCUT2D eigenvalue weighted by atomic mass is 16.5. The Bertz CT molecular complexity index is 611. The van der Waals surface area contributed by atoms with Gasteiger partial charge in [-0.2, -0.15) is 0 Å². The highest BCUT2D eigenvalue weighted by Gasteiger charge is 2.33. The van der Waals surface area contributed by atoms with Gasteiger partial charge in [0.2, 0.25) is 5.91 Å². The molecule has 1 aromatic rings. The molecule has 1 aliphatic carbocycles. The molecule has 0 aromatic heterocycles. The number of fused-ring (bicyclic) bond motifs is 1. The minimum Gasteiger partial charge on any atom is -0.493 e. The van der Waals surface area contributed by atoms with Crippen molar-refractivity contribution in [1.29, 1.82) is 0 Å². The zero-order chi connectivity index (χ0) is 16.5. The van der Waals surface area contributed by atoms with Crippen molar-refractivity contribution in [2.75, 3.05) is 32.8 Å². The Morgan fingerprint density at radius 3 is 2.79 bits per heavy atom. The molecule has 24 heavy (non-hydrogen) atoms. The number of piperazine rings is 1. The summed E-state index contributed by atoms with van der Waals surface area (Å²) in [5, 5.41) is 10.1. The molecule has 5 heteroatoms. The molecule has 0 unspecified atom stereocenters. The highest BCUT2D eigenvalue weighted by molar-refractivity contribution is 5.79. The van der Waals surface area contributed by atoms with E-state index in [2.05, 4.69) is 11.0 Å². The maximum absolute atomic E-state index is 12.6. The van der Waals surface area contributed by atoms with E-state index in [4.69, 9.17) is 4.74 Å². The van der Waals surface area contributed by atoms with Gasteiger partial charge in [0.1, 0.15) is 5.75 Å². The van der Waals surface area contributed by atoms with Crippen LogP contribution in [0.1, 0.15) is 30.4 Å². The van der Waals surface area contributed by atoms with Gasteiger partial charge < -0.3 is 14.7 Å². The summed E-state index contributed by atoms with van der Waals surface area (Å²) in [6, 6.07) is 6.42. The molecule has 2 fully saturated rings. The summed E-state index contributed by atoms with van der Waals surface area (Å²) in [7, 11) is 0. The van der Waals surface area contributed by atoms with Gasteiger partial charge in [0, 0.05) is 38.6 Å². The van der Waals surface area contributed by atoms with E-state index in [1.807, 2.05) is 17.0 Å². The van der Waals surface area contributed by atoms with E-state index >= 15 is 0 Å². The zero-order valence-corrected chi connectivity index (χ0v) is 14.1. The first-order valence-electron chi connectivity index (χ1n) is 9.15. The summed E-state index contributed by atoms with van der Waals surface area (Å²) in [6.45, 7) is 4.06. The third-order valence-corrected chi connectivity index (χ3v) is 5.69. The second-order valence-electron chi connectivity index (χ2n) is 7.20. The summed E-state index contributed by atoms with van der Waals surface area (Å²) in [5.74, 6) is 1.18. The Labute approximate surface area is 143 Å². The van der Waals surface area contributed by atoms with Gasteiger partial charge in [-0.05, 0) is 36.5 Å². The molecule has 2 aliphatic heterocycles. The van der Waals surface area contributed by atoms with Gasteiger partial charge in [0.25, 0.3) is 0 Å². The van der Waals surface area contributed by atoms with E-state index in [1.54, 1.807) is 0 Å². The van der Waals surface area contributed by atoms with Crippen LogP contribution in [0.3, 0.4) is 0 Å². The number of benzene rings is 1. The fourth-order valence-electron chi connectivity index (χ4n) is 4.29. The van der Waals surface area contributed by atoms with Crippen molar-refractivity contribution in [1.82, 2.24) is 9.80 Å². The van der Waals surface area contributed by atoms with Crippen LogP contribution in [0, 0.1) is 0 Å². The fourth-order valence-corrected chi connectivity index (χ4v) is 4.29. The van der Waals surface area contributed by atoms with Gasteiger partial charge >= 0.3 is 0 Å². The quantitative estimate of drug-likeness (QED) is 0.905. The van der Waals surface area contributed by atoms with Crippen LogP contribution in [-0.2, 0) is 17.6 Å². The molecule has 0 bridgehead atoms. The number of hydrogen-bond acceptors (Lipinski definition) is 4. The lowest BCUT2D eigenvalue weighted by atomic mass is 10.1. The number of rotatable bonds is 3. The molecule has 1 N–H and O–H groups in total. The molecule has 1 saturated heterocycles. The number of carbonyl (C=O) groups is 1. The zero-order valence-electron chi connectivity index (χ0n) is 14.1. The normalized spacial score (nSPS) is 27.1. The molecule has 2 atom stereocenters. The van der Waals surface area contributed by atoms with Crippen molar-refractivity contribution in [3.05, 3.63) is 29.3 Å². The predicted molar refractivity (Wildman–Crippen MR) is 91.1 cm³/mol. The average molecular weight is 330 g/mol. The van der Waals surface area contributed by atoms with E-state index < -0.39 is 0 Å². The summed E-state index contributed by atoms with van der Waals surface area (Å²) in [6.07, 6.45) is 4.37. The van der Waals surface area contributed by atoms with E-state index in [0.29, 0.717) is 12.5 Å². The van der Waals surface area contributed by atoms with Crippen molar-refractivity contribution < 1.29 is 14.6 Å². The molecule has 130 valence electrons. The maximum atomic E-state index is 12.6. The van der Waals surface area contributed by atoms with Gasteiger partial charge in [-0.1, -0.05) is 12.1 Å². The van der Waals surface area contributed by atoms with E-state index in [0.717, 1.165) is 69.8 Å². The summed E-state index contributed by atoms with van der Waals surface area (Å²) in [5.41, 5.74) is 2.30. The van der Waals surface area contributed by atoms with Crippen molar-refractivity contribution in [3.63, 3.8) is 0 Å². The third kappa shape index (κ3) is 3.15. The summed E-state index contributed by atoms with van der Waals surface area (Å²) < 4.78 is 5.52. The van der Waals surface area contributed by atoms with E-state index in [1.165, 1.54) is 5.56 Å². The van der Waals surface area contributed by atoms with Gasteiger partial charge in [-0.3, -0.25) is 9.69 Å². The number of aliphatic hydroxyl groups is 1. The lowest BCUT2D eigenvalue weighted by Crippen LogP contribution is -2.53. The number of amides is 1. The lowest BCUT2D eigenvalue weighted by molar-refractivity contribution is -0.132. The van der Waals surface area contributed by atoms with E-state index in [9.17, 15) is 9.90 Å². The third-order valence-electron chi connectivity index (χ3n) is 5.69. The predicted octanol–water partition coefficient (Wildman–Crippen LogP) is 1.22. The number of nitrogens with zero attached hydrogens (tertiary/aromatic N) is 2. The number of aliphatic hydroxyl groups excluding tert-OH is 1. The average Bonchev–Trinajstić information content (AvgIpc) is 3.23. The van der Waals surface area contributed by atoms with Gasteiger partial charge in [0.15, 0.2) is 0 Å². The Morgan fingerprint density at radius 1 is 1.21 bits per heavy atom. The number of carbonyl (C=O) groups excluding carboxylic acids is 1. The molecule has 2 heterocycles. The van der Waals surface area contributed by atoms with Crippen molar-refractivity contribution >= 4 is 5.91 Å². The smallest absolute Gasteiger partial charge is 0.227 e. The maximum Gasteiger partial charge on any atom is 0.227 e. The standard InChI is InChI=1S/C19H26N2O3/c22-17-3-1-2-16(17)20-7-9-21(10-8-20)19(23)13-14-4-5-18-15(12-14)6-11-24-18/h4-5,12,16-17,22H,1-3,6-11,13H2/t16-,17+/m0/s1. The number of ether oxygens (including phenoxy) is 1. The molecular weight excluding hydrogens is 304 g/mol. The molecule has 1 saturated carbocycles. The molecule has 4 rings (SSSR count). The topological polar surface area (TPSA) is 53.0 Å². The minimum absolute atomic E-state index is 0.180. The summed E-state index contributed by atoms with van der Waals surface area (Å²) >= 11 is 0. The molecular formula is C19H26N2O3. The summed E-state index contributed by atoms with van der Waals surface area (Å²) in [4.78, 5) is 16.9. The van der Waals surface area contributed by atoms with Crippen LogP contribution in [0.5, 0.6) is 5.75 Å². The first kappa shape index (κ1) is 15.9. The van der Waals surface area contributed by atoms with E-state index in [-0.39, 0.29) is 12.0 Å². The number of hydrogen-bond donors (Lipinski definition) is 1. The Hall–Kier alpha value is -1.59. The van der Waals surface area contributed by atoms with Crippen LogP contribution in [0.25, 0.3) is 0 Å². The van der Waals surface area contributed by atoms with Crippen LogP contribution < -0.4 is 4.74 Å². The van der Waals surface area contributed by atoms with Crippen LogP contribution in [0.4, 0.5) is 0 Å². The van der Waals surface area contributed by atoms with Gasteiger partial charge in [-0.15, -0.1) is 0 Å². The van der Waals surface area contributed by atoms with Gasteiger partial charge in [0.05, 0.1) is 19.1 Å². The molecule has 3 aliphatic rings. The Morgan fingerprint density at radius 2 is 2.04 bits per heavy atom. The van der Waals surface area contributed by atoms with Crippen molar-refractivity contribution in [2.45, 2.75) is 44.2 Å². The molecule has 5 nitrogen and oxygen atoms in total. The monoisotopic (exact) mass is 330 g/mol. The molecule has 1 amide bonds. The van der Waals surface area contributed by atoms with Crippen LogP contribution in [-0.4, -0.2) is 65.7 Å². The minimum atomic E-state index is -0.180. The Kier molecular flexibility index (Phi) is 4.46. The highest BCUT2D eigenvalue weighted by Crippen LogP contribution is 2.27.